The molecule has 0 heterocycles. The van der Waals surface area contributed by atoms with Crippen LogP contribution in [-0.4, -0.2) is 27.3 Å². The molecular weight excluding hydrogens is 240 g/mol. The van der Waals surface area contributed by atoms with Crippen molar-refractivity contribution in [3.05, 3.63) is 29.3 Å². The van der Waals surface area contributed by atoms with Crippen LogP contribution in [-0.2, 0) is 0 Å². The zero-order valence-corrected chi connectivity index (χ0v) is 11.7. The average molecular weight is 260 g/mol. The fraction of sp³-hybridized carbons (Fsp3) is 0.400. The van der Waals surface area contributed by atoms with Gasteiger partial charge in [-0.3, -0.25) is 0 Å². The number of methoxy groups -OCH3 is 1. The van der Waals surface area contributed by atoms with E-state index < -0.39 is 0 Å². The highest BCUT2D eigenvalue weighted by Crippen LogP contribution is 2.29. The third-order valence-electron chi connectivity index (χ3n) is 2.71. The molecule has 1 aromatic rings. The van der Waals surface area contributed by atoms with Crippen molar-refractivity contribution in [3.63, 3.8) is 0 Å². The molecule has 0 aliphatic heterocycles. The van der Waals surface area contributed by atoms with Gasteiger partial charge in [0.05, 0.1) is 7.11 Å². The normalized spacial score (nSPS) is 10.9. The van der Waals surface area contributed by atoms with Gasteiger partial charge in [0.2, 0.25) is 0 Å². The highest BCUT2D eigenvalue weighted by atomic mass is 16.5. The van der Waals surface area contributed by atoms with Crippen LogP contribution in [0.5, 0.6) is 11.5 Å². The number of nitriles is 1. The SMILES string of the molecule is CCC(=Cc1ccc(OCC#N)c(OC)c1)CNC. The van der Waals surface area contributed by atoms with Gasteiger partial charge in [0.15, 0.2) is 18.1 Å². The Morgan fingerprint density at radius 1 is 1.42 bits per heavy atom. The number of ether oxygens (including phenoxy) is 2. The third kappa shape index (κ3) is 4.65. The van der Waals surface area contributed by atoms with Crippen LogP contribution in [0.2, 0.25) is 0 Å². The summed E-state index contributed by atoms with van der Waals surface area (Å²) in [4.78, 5) is 0. The zero-order chi connectivity index (χ0) is 14.1. The van der Waals surface area contributed by atoms with E-state index in [9.17, 15) is 0 Å². The lowest BCUT2D eigenvalue weighted by Gasteiger charge is -2.10. The summed E-state index contributed by atoms with van der Waals surface area (Å²) in [6.07, 6.45) is 3.13. The van der Waals surface area contributed by atoms with Crippen molar-refractivity contribution < 1.29 is 9.47 Å². The van der Waals surface area contributed by atoms with Gasteiger partial charge in [-0.15, -0.1) is 0 Å². The maximum atomic E-state index is 8.52. The van der Waals surface area contributed by atoms with Crippen LogP contribution in [0.4, 0.5) is 0 Å². The second-order valence-electron chi connectivity index (χ2n) is 4.04. The smallest absolute Gasteiger partial charge is 0.174 e. The lowest BCUT2D eigenvalue weighted by molar-refractivity contribution is 0.329. The van der Waals surface area contributed by atoms with Crippen LogP contribution in [0.1, 0.15) is 18.9 Å². The van der Waals surface area contributed by atoms with Gasteiger partial charge in [0.25, 0.3) is 0 Å². The van der Waals surface area contributed by atoms with E-state index in [0.717, 1.165) is 18.5 Å². The molecule has 1 rings (SSSR count). The fourth-order valence-electron chi connectivity index (χ4n) is 1.74. The average Bonchev–Trinajstić information content (AvgIpc) is 2.45. The van der Waals surface area contributed by atoms with E-state index >= 15 is 0 Å². The van der Waals surface area contributed by atoms with Gasteiger partial charge in [-0.2, -0.15) is 5.26 Å². The van der Waals surface area contributed by atoms with Crippen molar-refractivity contribution in [1.82, 2.24) is 5.32 Å². The van der Waals surface area contributed by atoms with Crippen molar-refractivity contribution in [1.29, 1.82) is 5.26 Å². The molecule has 0 radical (unpaired) electrons. The molecule has 0 spiro atoms. The number of rotatable bonds is 7. The molecule has 0 aromatic heterocycles. The standard InChI is InChI=1S/C15H20N2O2/c1-4-12(11-17-2)9-13-5-6-14(19-8-7-16)15(10-13)18-3/h5-6,9-10,17H,4,8,11H2,1-3H3. The van der Waals surface area contributed by atoms with E-state index in [4.69, 9.17) is 14.7 Å². The summed E-state index contributed by atoms with van der Waals surface area (Å²) >= 11 is 0. The van der Waals surface area contributed by atoms with Crippen LogP contribution in [0.25, 0.3) is 6.08 Å². The summed E-state index contributed by atoms with van der Waals surface area (Å²) < 4.78 is 10.6. The van der Waals surface area contributed by atoms with Crippen LogP contribution < -0.4 is 14.8 Å². The van der Waals surface area contributed by atoms with E-state index in [1.807, 2.05) is 31.3 Å². The Morgan fingerprint density at radius 2 is 2.21 bits per heavy atom. The molecule has 0 fully saturated rings. The number of hydrogen-bond acceptors (Lipinski definition) is 4. The lowest BCUT2D eigenvalue weighted by atomic mass is 10.1. The molecule has 0 aliphatic rings. The molecule has 0 atom stereocenters. The van der Waals surface area contributed by atoms with Crippen molar-refractivity contribution in [2.75, 3.05) is 27.3 Å². The van der Waals surface area contributed by atoms with Crippen molar-refractivity contribution in [2.45, 2.75) is 13.3 Å². The Labute approximate surface area is 114 Å². The molecule has 1 N–H and O–H groups in total. The second kappa shape index (κ2) is 8.17. The molecule has 0 aliphatic carbocycles. The number of nitrogens with one attached hydrogen (secondary N) is 1. The monoisotopic (exact) mass is 260 g/mol. The van der Waals surface area contributed by atoms with Gasteiger partial charge >= 0.3 is 0 Å². The minimum absolute atomic E-state index is 0.0194. The number of hydrogen-bond donors (Lipinski definition) is 1. The van der Waals surface area contributed by atoms with Gasteiger partial charge in [0, 0.05) is 6.54 Å². The van der Waals surface area contributed by atoms with E-state index in [1.165, 1.54) is 5.57 Å². The Morgan fingerprint density at radius 3 is 2.79 bits per heavy atom. The molecule has 19 heavy (non-hydrogen) atoms. The summed E-state index contributed by atoms with van der Waals surface area (Å²) in [6, 6.07) is 7.64. The highest BCUT2D eigenvalue weighted by molar-refractivity contribution is 5.58. The fourth-order valence-corrected chi connectivity index (χ4v) is 1.74. The molecule has 102 valence electrons. The number of likely N-dealkylation sites (N-methyl/N-ethyl adjacent to an activating group) is 1. The first-order valence-electron chi connectivity index (χ1n) is 6.27. The minimum atomic E-state index is 0.0194. The van der Waals surface area contributed by atoms with Gasteiger partial charge in [-0.1, -0.05) is 24.6 Å². The molecule has 4 nitrogen and oxygen atoms in total. The number of nitrogens with zero attached hydrogens (tertiary/aromatic N) is 1. The Bertz CT molecular complexity index is 476. The first-order valence-corrected chi connectivity index (χ1v) is 6.27. The van der Waals surface area contributed by atoms with Gasteiger partial charge in [-0.05, 0) is 31.2 Å². The molecule has 0 amide bonds. The van der Waals surface area contributed by atoms with Gasteiger partial charge in [0.1, 0.15) is 6.07 Å². The second-order valence-corrected chi connectivity index (χ2v) is 4.04. The van der Waals surface area contributed by atoms with Crippen LogP contribution in [0.3, 0.4) is 0 Å². The highest BCUT2D eigenvalue weighted by Gasteiger charge is 2.05. The quantitative estimate of drug-likeness (QED) is 0.818. The topological polar surface area (TPSA) is 54.3 Å². The Kier molecular flexibility index (Phi) is 6.48. The number of benzene rings is 1. The summed E-state index contributed by atoms with van der Waals surface area (Å²) in [6.45, 7) is 3.02. The van der Waals surface area contributed by atoms with Crippen molar-refractivity contribution >= 4 is 6.08 Å². The molecule has 0 unspecified atom stereocenters. The minimum Gasteiger partial charge on any atom is -0.493 e. The molecule has 4 heteroatoms. The maximum absolute atomic E-state index is 8.52. The predicted molar refractivity (Wildman–Crippen MR) is 76.3 cm³/mol. The van der Waals surface area contributed by atoms with Crippen molar-refractivity contribution in [3.8, 4) is 17.6 Å². The van der Waals surface area contributed by atoms with Crippen LogP contribution in [0.15, 0.2) is 23.8 Å². The molecular formula is C15H20N2O2. The Hall–Kier alpha value is -1.99. The van der Waals surface area contributed by atoms with Gasteiger partial charge in [-0.25, -0.2) is 0 Å². The lowest BCUT2D eigenvalue weighted by Crippen LogP contribution is -2.09. The maximum Gasteiger partial charge on any atom is 0.174 e. The van der Waals surface area contributed by atoms with E-state index in [1.54, 1.807) is 7.11 Å². The first kappa shape index (κ1) is 15.1. The molecule has 0 saturated carbocycles. The summed E-state index contributed by atoms with van der Waals surface area (Å²) in [5.41, 5.74) is 2.38. The first-order chi connectivity index (χ1) is 9.24. The van der Waals surface area contributed by atoms with Crippen molar-refractivity contribution in [2.24, 2.45) is 0 Å². The molecule has 0 bridgehead atoms. The predicted octanol–water partition coefficient (Wildman–Crippen LogP) is 2.61. The van der Waals surface area contributed by atoms with Gasteiger partial charge < -0.3 is 14.8 Å². The molecule has 0 saturated heterocycles. The van der Waals surface area contributed by atoms with Crippen LogP contribution in [0, 0.1) is 11.3 Å². The van der Waals surface area contributed by atoms with Crippen LogP contribution >= 0.6 is 0 Å². The Balaban J connectivity index is 2.96. The van der Waals surface area contributed by atoms with E-state index in [2.05, 4.69) is 18.3 Å². The zero-order valence-electron chi connectivity index (χ0n) is 11.7. The summed E-state index contributed by atoms with van der Waals surface area (Å²) in [7, 11) is 3.53. The van der Waals surface area contributed by atoms with E-state index in [-0.39, 0.29) is 6.61 Å². The molecule has 1 aromatic carbocycles. The summed E-state index contributed by atoms with van der Waals surface area (Å²) in [5, 5.41) is 11.7. The van der Waals surface area contributed by atoms with E-state index in [0.29, 0.717) is 11.5 Å². The largest absolute Gasteiger partial charge is 0.493 e. The summed E-state index contributed by atoms with van der Waals surface area (Å²) in [5.74, 6) is 1.23. The third-order valence-corrected chi connectivity index (χ3v) is 2.71.